The van der Waals surface area contributed by atoms with Crippen molar-refractivity contribution in [2.75, 3.05) is 7.11 Å². The molecule has 118 valence electrons. The fourth-order valence-corrected chi connectivity index (χ4v) is 1.91. The van der Waals surface area contributed by atoms with Crippen LogP contribution in [0.15, 0.2) is 42.5 Å². The molecular weight excluding hydrogens is 307 g/mol. The minimum absolute atomic E-state index is 0.190. The number of alkyl halides is 5. The van der Waals surface area contributed by atoms with Crippen LogP contribution in [0.3, 0.4) is 0 Å². The lowest BCUT2D eigenvalue weighted by Gasteiger charge is -2.12. The van der Waals surface area contributed by atoms with E-state index in [9.17, 15) is 22.0 Å². The molecule has 2 aromatic rings. The molecule has 0 bridgehead atoms. The number of hydrogen-bond donors (Lipinski definition) is 0. The van der Waals surface area contributed by atoms with Gasteiger partial charge >= 0.3 is 6.36 Å². The van der Waals surface area contributed by atoms with E-state index >= 15 is 0 Å². The lowest BCUT2D eigenvalue weighted by molar-refractivity contribution is -0.274. The lowest BCUT2D eigenvalue weighted by Crippen LogP contribution is -2.17. The first-order valence-corrected chi connectivity index (χ1v) is 6.12. The Kier molecular flexibility index (Phi) is 4.54. The van der Waals surface area contributed by atoms with E-state index in [1.165, 1.54) is 37.4 Å². The lowest BCUT2D eigenvalue weighted by atomic mass is 10.0. The molecule has 0 aliphatic rings. The number of rotatable bonds is 4. The second-order valence-corrected chi connectivity index (χ2v) is 4.37. The van der Waals surface area contributed by atoms with Crippen LogP contribution in [0.4, 0.5) is 22.0 Å². The SMILES string of the molecule is COc1cc(-c2cccc(OC(F)(F)F)c2)cc(C(F)F)c1. The summed E-state index contributed by atoms with van der Waals surface area (Å²) in [7, 11) is 1.32. The van der Waals surface area contributed by atoms with Crippen molar-refractivity contribution >= 4 is 0 Å². The van der Waals surface area contributed by atoms with Crippen LogP contribution in [0.2, 0.25) is 0 Å². The van der Waals surface area contributed by atoms with E-state index in [0.29, 0.717) is 11.1 Å². The van der Waals surface area contributed by atoms with Gasteiger partial charge in [0, 0.05) is 5.56 Å². The smallest absolute Gasteiger partial charge is 0.497 e. The zero-order valence-corrected chi connectivity index (χ0v) is 11.3. The molecule has 0 aromatic heterocycles. The van der Waals surface area contributed by atoms with Gasteiger partial charge in [0.1, 0.15) is 11.5 Å². The maximum Gasteiger partial charge on any atom is 0.573 e. The quantitative estimate of drug-likeness (QED) is 0.722. The van der Waals surface area contributed by atoms with Crippen LogP contribution in [-0.2, 0) is 0 Å². The predicted molar refractivity (Wildman–Crippen MR) is 70.1 cm³/mol. The summed E-state index contributed by atoms with van der Waals surface area (Å²) >= 11 is 0. The van der Waals surface area contributed by atoms with Gasteiger partial charge in [-0.05, 0) is 41.5 Å². The summed E-state index contributed by atoms with van der Waals surface area (Å²) in [5, 5.41) is 0. The largest absolute Gasteiger partial charge is 0.573 e. The van der Waals surface area contributed by atoms with Crippen molar-refractivity contribution in [3.05, 3.63) is 48.0 Å². The fraction of sp³-hybridized carbons (Fsp3) is 0.200. The first-order chi connectivity index (χ1) is 10.3. The molecule has 0 N–H and O–H groups in total. The van der Waals surface area contributed by atoms with Crippen molar-refractivity contribution in [2.45, 2.75) is 12.8 Å². The van der Waals surface area contributed by atoms with Crippen LogP contribution < -0.4 is 9.47 Å². The zero-order chi connectivity index (χ0) is 16.3. The van der Waals surface area contributed by atoms with E-state index in [-0.39, 0.29) is 11.3 Å². The normalized spacial score (nSPS) is 11.6. The second kappa shape index (κ2) is 6.21. The van der Waals surface area contributed by atoms with Gasteiger partial charge in [0.2, 0.25) is 0 Å². The Labute approximate surface area is 123 Å². The molecular formula is C15H11F5O2. The molecule has 0 aliphatic heterocycles. The van der Waals surface area contributed by atoms with Gasteiger partial charge < -0.3 is 9.47 Å². The molecule has 0 aliphatic carbocycles. The van der Waals surface area contributed by atoms with Crippen LogP contribution in [-0.4, -0.2) is 13.5 Å². The van der Waals surface area contributed by atoms with E-state index in [4.69, 9.17) is 4.74 Å². The van der Waals surface area contributed by atoms with Crippen molar-refractivity contribution in [3.8, 4) is 22.6 Å². The van der Waals surface area contributed by atoms with Gasteiger partial charge in [-0.15, -0.1) is 13.2 Å². The first-order valence-electron chi connectivity index (χ1n) is 6.12. The molecule has 0 atom stereocenters. The Balaban J connectivity index is 2.43. The average molecular weight is 318 g/mol. The molecule has 0 unspecified atom stereocenters. The molecule has 0 saturated carbocycles. The second-order valence-electron chi connectivity index (χ2n) is 4.37. The van der Waals surface area contributed by atoms with Gasteiger partial charge in [0.15, 0.2) is 0 Å². The summed E-state index contributed by atoms with van der Waals surface area (Å²) in [4.78, 5) is 0. The third-order valence-corrected chi connectivity index (χ3v) is 2.82. The van der Waals surface area contributed by atoms with Gasteiger partial charge in [-0.1, -0.05) is 12.1 Å². The third kappa shape index (κ3) is 4.09. The van der Waals surface area contributed by atoms with Gasteiger partial charge in [-0.25, -0.2) is 8.78 Å². The van der Waals surface area contributed by atoms with Crippen molar-refractivity contribution in [1.29, 1.82) is 0 Å². The monoisotopic (exact) mass is 318 g/mol. The van der Waals surface area contributed by atoms with Crippen molar-refractivity contribution in [2.24, 2.45) is 0 Å². The Bertz CT molecular complexity index is 653. The molecule has 2 nitrogen and oxygen atoms in total. The van der Waals surface area contributed by atoms with Gasteiger partial charge in [0.25, 0.3) is 6.43 Å². The molecule has 22 heavy (non-hydrogen) atoms. The van der Waals surface area contributed by atoms with Crippen LogP contribution >= 0.6 is 0 Å². The van der Waals surface area contributed by atoms with Crippen LogP contribution in [0.1, 0.15) is 12.0 Å². The summed E-state index contributed by atoms with van der Waals surface area (Å²) in [5.74, 6) is -0.235. The average Bonchev–Trinajstić information content (AvgIpc) is 2.45. The highest BCUT2D eigenvalue weighted by molar-refractivity contribution is 5.67. The summed E-state index contributed by atoms with van der Waals surface area (Å²) in [6, 6.07) is 8.91. The summed E-state index contributed by atoms with van der Waals surface area (Å²) < 4.78 is 71.1. The molecule has 2 aromatic carbocycles. The number of halogens is 5. The van der Waals surface area contributed by atoms with E-state index in [2.05, 4.69) is 4.74 Å². The van der Waals surface area contributed by atoms with Crippen LogP contribution in [0, 0.1) is 0 Å². The maximum atomic E-state index is 12.9. The van der Waals surface area contributed by atoms with Gasteiger partial charge in [-0.2, -0.15) is 0 Å². The standard InChI is InChI=1S/C15H11F5O2/c1-21-13-7-10(5-11(8-13)14(16)17)9-3-2-4-12(6-9)22-15(18,19)20/h2-8,14H,1H3. The number of benzene rings is 2. The Hall–Kier alpha value is -2.31. The minimum Gasteiger partial charge on any atom is -0.497 e. The van der Waals surface area contributed by atoms with Crippen molar-refractivity contribution < 1.29 is 31.4 Å². The van der Waals surface area contributed by atoms with Gasteiger partial charge in [-0.3, -0.25) is 0 Å². The zero-order valence-electron chi connectivity index (χ0n) is 11.3. The highest BCUT2D eigenvalue weighted by Crippen LogP contribution is 2.33. The van der Waals surface area contributed by atoms with Gasteiger partial charge in [0.05, 0.1) is 7.11 Å². The summed E-state index contributed by atoms with van der Waals surface area (Å²) in [6.07, 6.45) is -7.54. The fourth-order valence-electron chi connectivity index (χ4n) is 1.91. The molecule has 0 saturated heterocycles. The predicted octanol–water partition coefficient (Wildman–Crippen LogP) is 5.20. The first kappa shape index (κ1) is 16.1. The highest BCUT2D eigenvalue weighted by atomic mass is 19.4. The van der Waals surface area contributed by atoms with Crippen molar-refractivity contribution in [3.63, 3.8) is 0 Å². The Morgan fingerprint density at radius 3 is 2.18 bits per heavy atom. The molecule has 0 radical (unpaired) electrons. The Morgan fingerprint density at radius 2 is 1.59 bits per heavy atom. The number of ether oxygens (including phenoxy) is 2. The summed E-state index contributed by atoms with van der Waals surface area (Å²) in [5.41, 5.74) is 0.335. The molecule has 2 rings (SSSR count). The molecule has 7 heteroatoms. The molecule has 0 spiro atoms. The van der Waals surface area contributed by atoms with E-state index in [1.807, 2.05) is 0 Å². The molecule has 0 amide bonds. The Morgan fingerprint density at radius 1 is 0.909 bits per heavy atom. The van der Waals surface area contributed by atoms with E-state index in [0.717, 1.165) is 12.1 Å². The van der Waals surface area contributed by atoms with E-state index in [1.54, 1.807) is 0 Å². The van der Waals surface area contributed by atoms with E-state index < -0.39 is 18.5 Å². The summed E-state index contributed by atoms with van der Waals surface area (Å²) in [6.45, 7) is 0. The highest BCUT2D eigenvalue weighted by Gasteiger charge is 2.31. The maximum absolute atomic E-state index is 12.9. The third-order valence-electron chi connectivity index (χ3n) is 2.82. The topological polar surface area (TPSA) is 18.5 Å². The number of methoxy groups -OCH3 is 1. The van der Waals surface area contributed by atoms with Crippen LogP contribution in [0.25, 0.3) is 11.1 Å². The van der Waals surface area contributed by atoms with Crippen molar-refractivity contribution in [1.82, 2.24) is 0 Å². The molecule has 0 fully saturated rings. The molecule has 0 heterocycles. The van der Waals surface area contributed by atoms with Crippen LogP contribution in [0.5, 0.6) is 11.5 Å². The number of hydrogen-bond acceptors (Lipinski definition) is 2. The minimum atomic E-state index is -4.82.